The number of rotatable bonds is 2. The van der Waals surface area contributed by atoms with E-state index >= 15 is 0 Å². The molecule has 0 atom stereocenters. The molecule has 1 saturated carbocycles. The second kappa shape index (κ2) is 5.88. The summed E-state index contributed by atoms with van der Waals surface area (Å²) in [5.41, 5.74) is 0.977. The summed E-state index contributed by atoms with van der Waals surface area (Å²) in [5.74, 6) is 0.360. The highest BCUT2D eigenvalue weighted by atomic mass is 35.5. The lowest BCUT2D eigenvalue weighted by Gasteiger charge is -2.39. The van der Waals surface area contributed by atoms with Crippen molar-refractivity contribution < 1.29 is 4.79 Å². The summed E-state index contributed by atoms with van der Waals surface area (Å²) in [7, 11) is 0. The Balaban J connectivity index is 1.63. The number of anilines is 1. The van der Waals surface area contributed by atoms with Crippen molar-refractivity contribution in [2.45, 2.75) is 32.6 Å². The molecule has 0 N–H and O–H groups in total. The van der Waals surface area contributed by atoms with Crippen LogP contribution in [0, 0.1) is 5.41 Å². The van der Waals surface area contributed by atoms with E-state index < -0.39 is 0 Å². The average Bonchev–Trinajstić information content (AvgIpc) is 2.95. The second-order valence-corrected chi connectivity index (χ2v) is 6.91. The fourth-order valence-corrected chi connectivity index (χ4v) is 3.86. The van der Waals surface area contributed by atoms with Crippen LogP contribution < -0.4 is 4.90 Å². The van der Waals surface area contributed by atoms with Crippen molar-refractivity contribution in [2.24, 2.45) is 5.41 Å². The van der Waals surface area contributed by atoms with E-state index in [4.69, 9.17) is 11.6 Å². The summed E-state index contributed by atoms with van der Waals surface area (Å²) in [5, 5.41) is 0.792. The molecule has 114 valence electrons. The molecule has 21 heavy (non-hydrogen) atoms. The van der Waals surface area contributed by atoms with Gasteiger partial charge in [0.2, 0.25) is 5.91 Å². The minimum absolute atomic E-state index is 0.105. The van der Waals surface area contributed by atoms with Gasteiger partial charge in [0.25, 0.3) is 0 Å². The van der Waals surface area contributed by atoms with Gasteiger partial charge >= 0.3 is 0 Å². The molecule has 0 spiro atoms. The zero-order chi connectivity index (χ0) is 14.9. The van der Waals surface area contributed by atoms with Crippen molar-refractivity contribution in [3.8, 4) is 0 Å². The van der Waals surface area contributed by atoms with Crippen LogP contribution in [0.15, 0.2) is 24.3 Å². The maximum Gasteiger partial charge on any atom is 0.228 e. The van der Waals surface area contributed by atoms with Crippen molar-refractivity contribution in [1.82, 2.24) is 4.90 Å². The molecule has 1 aromatic rings. The Bertz CT molecular complexity index is 517. The Morgan fingerprint density at radius 2 is 1.71 bits per heavy atom. The van der Waals surface area contributed by atoms with Gasteiger partial charge in [0.05, 0.1) is 10.7 Å². The smallest absolute Gasteiger partial charge is 0.228 e. The number of hydrogen-bond acceptors (Lipinski definition) is 2. The van der Waals surface area contributed by atoms with E-state index in [2.05, 4.69) is 22.8 Å². The first-order valence-electron chi connectivity index (χ1n) is 7.89. The molecule has 0 bridgehead atoms. The van der Waals surface area contributed by atoms with Gasteiger partial charge in [0, 0.05) is 31.6 Å². The number of para-hydroxylation sites is 1. The molecule has 0 unspecified atom stereocenters. The maximum atomic E-state index is 12.7. The predicted octanol–water partition coefficient (Wildman–Crippen LogP) is 3.57. The van der Waals surface area contributed by atoms with Crippen LogP contribution in [0.2, 0.25) is 5.02 Å². The third-order valence-corrected chi connectivity index (χ3v) is 5.30. The monoisotopic (exact) mass is 306 g/mol. The first-order valence-corrected chi connectivity index (χ1v) is 8.27. The first kappa shape index (κ1) is 14.7. The molecule has 0 radical (unpaired) electrons. The molecule has 1 saturated heterocycles. The predicted molar refractivity (Wildman–Crippen MR) is 86.8 cm³/mol. The van der Waals surface area contributed by atoms with Gasteiger partial charge in [0.15, 0.2) is 0 Å². The third-order valence-electron chi connectivity index (χ3n) is 4.98. The molecule has 3 rings (SSSR count). The molecule has 1 aromatic carbocycles. The molecule has 1 aliphatic carbocycles. The number of piperazine rings is 1. The molecule has 3 nitrogen and oxygen atoms in total. The minimum Gasteiger partial charge on any atom is -0.367 e. The van der Waals surface area contributed by atoms with E-state index in [0.717, 1.165) is 49.7 Å². The van der Waals surface area contributed by atoms with E-state index in [9.17, 15) is 4.79 Å². The fourth-order valence-electron chi connectivity index (χ4n) is 3.61. The number of carbonyl (C=O) groups excluding carboxylic acids is 1. The van der Waals surface area contributed by atoms with E-state index in [0.29, 0.717) is 5.91 Å². The van der Waals surface area contributed by atoms with Crippen LogP contribution >= 0.6 is 11.6 Å². The number of nitrogens with zero attached hydrogens (tertiary/aromatic N) is 2. The standard InChI is InChI=1S/C17H23ClN2O/c1-17(8-4-5-9-17)16(21)20-12-10-19(11-13-20)15-7-3-2-6-14(15)18/h2-3,6-7H,4-5,8-13H2,1H3. The lowest BCUT2D eigenvalue weighted by Crippen LogP contribution is -2.52. The Hall–Kier alpha value is -1.22. The second-order valence-electron chi connectivity index (χ2n) is 6.50. The summed E-state index contributed by atoms with van der Waals surface area (Å²) in [6, 6.07) is 7.94. The van der Waals surface area contributed by atoms with Crippen LogP contribution in [0.4, 0.5) is 5.69 Å². The van der Waals surface area contributed by atoms with Crippen LogP contribution in [0.3, 0.4) is 0 Å². The van der Waals surface area contributed by atoms with Crippen molar-refractivity contribution in [2.75, 3.05) is 31.1 Å². The molecule has 1 amide bonds. The lowest BCUT2D eigenvalue weighted by atomic mass is 9.87. The summed E-state index contributed by atoms with van der Waals surface area (Å²) in [4.78, 5) is 17.0. The molecule has 2 fully saturated rings. The molecule has 2 aliphatic rings. The van der Waals surface area contributed by atoms with Gasteiger partial charge in [-0.25, -0.2) is 0 Å². The molecule has 4 heteroatoms. The zero-order valence-electron chi connectivity index (χ0n) is 12.6. The van der Waals surface area contributed by atoms with Gasteiger partial charge in [0.1, 0.15) is 0 Å². The minimum atomic E-state index is -0.105. The SMILES string of the molecule is CC1(C(=O)N2CCN(c3ccccc3Cl)CC2)CCCC1. The number of halogens is 1. The van der Waals surface area contributed by atoms with Crippen molar-refractivity contribution >= 4 is 23.2 Å². The first-order chi connectivity index (χ1) is 10.1. The van der Waals surface area contributed by atoms with Crippen LogP contribution in [0.25, 0.3) is 0 Å². The summed E-state index contributed by atoms with van der Waals surface area (Å²) in [6.07, 6.45) is 4.50. The van der Waals surface area contributed by atoms with E-state index in [1.165, 1.54) is 12.8 Å². The van der Waals surface area contributed by atoms with E-state index in [-0.39, 0.29) is 5.41 Å². The van der Waals surface area contributed by atoms with Gasteiger partial charge in [-0.05, 0) is 25.0 Å². The number of benzene rings is 1. The van der Waals surface area contributed by atoms with Gasteiger partial charge in [-0.2, -0.15) is 0 Å². The normalized spacial score (nSPS) is 21.6. The van der Waals surface area contributed by atoms with Gasteiger partial charge in [-0.1, -0.05) is 43.5 Å². The zero-order valence-corrected chi connectivity index (χ0v) is 13.4. The Morgan fingerprint density at radius 1 is 1.10 bits per heavy atom. The Labute approximate surface area is 131 Å². The summed E-state index contributed by atoms with van der Waals surface area (Å²) >= 11 is 6.26. The van der Waals surface area contributed by atoms with Gasteiger partial charge in [-0.3, -0.25) is 4.79 Å². The molecular weight excluding hydrogens is 284 g/mol. The number of carbonyl (C=O) groups is 1. The van der Waals surface area contributed by atoms with E-state index in [1.54, 1.807) is 0 Å². The highest BCUT2D eigenvalue weighted by Crippen LogP contribution is 2.39. The topological polar surface area (TPSA) is 23.6 Å². The quantitative estimate of drug-likeness (QED) is 0.834. The van der Waals surface area contributed by atoms with Crippen molar-refractivity contribution in [3.05, 3.63) is 29.3 Å². The summed E-state index contributed by atoms with van der Waals surface area (Å²) in [6.45, 7) is 5.49. The highest BCUT2D eigenvalue weighted by molar-refractivity contribution is 6.33. The van der Waals surface area contributed by atoms with E-state index in [1.807, 2.05) is 18.2 Å². The fraction of sp³-hybridized carbons (Fsp3) is 0.588. The van der Waals surface area contributed by atoms with Crippen molar-refractivity contribution in [1.29, 1.82) is 0 Å². The average molecular weight is 307 g/mol. The Kier molecular flexibility index (Phi) is 4.12. The Morgan fingerprint density at radius 3 is 2.33 bits per heavy atom. The number of hydrogen-bond donors (Lipinski definition) is 0. The van der Waals surface area contributed by atoms with Crippen LogP contribution in [-0.2, 0) is 4.79 Å². The lowest BCUT2D eigenvalue weighted by molar-refractivity contribution is -0.141. The largest absolute Gasteiger partial charge is 0.367 e. The third kappa shape index (κ3) is 2.89. The molecule has 1 heterocycles. The number of amides is 1. The molecular formula is C17H23ClN2O. The van der Waals surface area contributed by atoms with Crippen LogP contribution in [0.1, 0.15) is 32.6 Å². The molecule has 1 aliphatic heterocycles. The van der Waals surface area contributed by atoms with Crippen LogP contribution in [-0.4, -0.2) is 37.0 Å². The summed E-state index contributed by atoms with van der Waals surface area (Å²) < 4.78 is 0. The van der Waals surface area contributed by atoms with Gasteiger partial charge < -0.3 is 9.80 Å². The maximum absolute atomic E-state index is 12.7. The van der Waals surface area contributed by atoms with Gasteiger partial charge in [-0.15, -0.1) is 0 Å². The van der Waals surface area contributed by atoms with Crippen molar-refractivity contribution in [3.63, 3.8) is 0 Å². The highest BCUT2D eigenvalue weighted by Gasteiger charge is 2.39. The van der Waals surface area contributed by atoms with Crippen LogP contribution in [0.5, 0.6) is 0 Å². The molecule has 0 aromatic heterocycles.